The van der Waals surface area contributed by atoms with Crippen LogP contribution in [0.5, 0.6) is 5.75 Å². The quantitative estimate of drug-likeness (QED) is 0.536. The van der Waals surface area contributed by atoms with Crippen LogP contribution in [0.1, 0.15) is 26.3 Å². The molecule has 0 aliphatic heterocycles. The molecule has 1 aromatic heterocycles. The Morgan fingerprint density at radius 1 is 1.00 bits per heavy atom. The van der Waals surface area contributed by atoms with Crippen molar-refractivity contribution in [1.29, 1.82) is 0 Å². The highest BCUT2D eigenvalue weighted by Crippen LogP contribution is 2.35. The fourth-order valence-electron chi connectivity index (χ4n) is 2.65. The molecule has 0 aliphatic rings. The zero-order chi connectivity index (χ0) is 23.5. The van der Waals surface area contributed by atoms with Gasteiger partial charge in [-0.2, -0.15) is 23.0 Å². The van der Waals surface area contributed by atoms with Crippen LogP contribution in [0.3, 0.4) is 0 Å². The van der Waals surface area contributed by atoms with Crippen LogP contribution in [0, 0.1) is 0 Å². The van der Waals surface area contributed by atoms with E-state index in [-0.39, 0.29) is 22.6 Å². The summed E-state index contributed by atoms with van der Waals surface area (Å²) in [5.41, 5.74) is -1.59. The Balaban J connectivity index is 1.88. The number of carbonyl (C=O) groups excluding carboxylic acids is 2. The molecule has 0 unspecified atom stereocenters. The lowest BCUT2D eigenvalue weighted by Crippen LogP contribution is -2.27. The number of ether oxygens (including phenoxy) is 2. The number of aromatic nitrogens is 2. The molecular weight excluding hydrogens is 427 g/mol. The summed E-state index contributed by atoms with van der Waals surface area (Å²) in [4.78, 5) is 24.3. The topological polar surface area (TPSA) is 82.5 Å². The van der Waals surface area contributed by atoms with Gasteiger partial charge in [0.2, 0.25) is 0 Å². The van der Waals surface area contributed by atoms with E-state index in [0.29, 0.717) is 0 Å². The number of halogens is 3. The van der Waals surface area contributed by atoms with Crippen LogP contribution in [0.4, 0.5) is 28.4 Å². The maximum atomic E-state index is 13.4. The molecule has 0 spiro atoms. The molecule has 10 heteroatoms. The molecule has 3 aromatic rings. The van der Waals surface area contributed by atoms with Gasteiger partial charge in [-0.1, -0.05) is 18.2 Å². The van der Waals surface area contributed by atoms with Gasteiger partial charge in [0.15, 0.2) is 0 Å². The third kappa shape index (κ3) is 6.10. The summed E-state index contributed by atoms with van der Waals surface area (Å²) in [6.45, 7) is 5.03. The number of nitrogens with zero attached hydrogens (tertiary/aromatic N) is 2. The number of benzene rings is 2. The van der Waals surface area contributed by atoms with Gasteiger partial charge in [0, 0.05) is 17.4 Å². The van der Waals surface area contributed by atoms with Crippen LogP contribution in [0.15, 0.2) is 60.9 Å². The van der Waals surface area contributed by atoms with Gasteiger partial charge in [0.05, 0.1) is 11.8 Å². The molecule has 3 rings (SSSR count). The van der Waals surface area contributed by atoms with Crippen molar-refractivity contribution in [1.82, 2.24) is 9.78 Å². The van der Waals surface area contributed by atoms with Gasteiger partial charge in [0.25, 0.3) is 0 Å². The number of amides is 1. The summed E-state index contributed by atoms with van der Waals surface area (Å²) in [5, 5.41) is 6.16. The van der Waals surface area contributed by atoms with Crippen LogP contribution in [-0.4, -0.2) is 27.6 Å². The molecule has 7 nitrogen and oxygen atoms in total. The highest BCUT2D eigenvalue weighted by molar-refractivity contribution is 5.88. The molecule has 0 radical (unpaired) electrons. The first-order valence-corrected chi connectivity index (χ1v) is 9.45. The maximum Gasteiger partial charge on any atom is 0.435 e. The monoisotopic (exact) mass is 447 g/mol. The summed E-state index contributed by atoms with van der Waals surface area (Å²) in [7, 11) is 0. The van der Waals surface area contributed by atoms with Crippen LogP contribution in [0.2, 0.25) is 0 Å². The van der Waals surface area contributed by atoms with Crippen molar-refractivity contribution in [2.75, 3.05) is 5.32 Å². The fourth-order valence-corrected chi connectivity index (χ4v) is 2.65. The van der Waals surface area contributed by atoms with E-state index in [1.165, 1.54) is 30.6 Å². The second kappa shape index (κ2) is 8.74. The fraction of sp³-hybridized carbons (Fsp3) is 0.227. The molecule has 2 aromatic carbocycles. The average Bonchev–Trinajstić information content (AvgIpc) is 3.17. The standard InChI is InChI=1S/C22H20F3N3O4/c1-21(2,3)32-20(30)28-13-15(12-26-28)14-9-16(22(23,24)25)11-17(10-14)27-19(29)31-18-7-5-4-6-8-18/h4-13H,1-3H3,(H,27,29). The van der Waals surface area contributed by atoms with Gasteiger partial charge in [-0.05, 0) is 56.7 Å². The van der Waals surface area contributed by atoms with Gasteiger partial charge in [-0.3, -0.25) is 5.32 Å². The normalized spacial score (nSPS) is 11.7. The lowest BCUT2D eigenvalue weighted by molar-refractivity contribution is -0.137. The van der Waals surface area contributed by atoms with Crippen molar-refractivity contribution in [3.05, 3.63) is 66.5 Å². The number of alkyl halides is 3. The molecule has 0 atom stereocenters. The predicted octanol–water partition coefficient (Wildman–Crippen LogP) is 5.96. The lowest BCUT2D eigenvalue weighted by Gasteiger charge is -2.18. The van der Waals surface area contributed by atoms with Gasteiger partial charge in [0.1, 0.15) is 11.4 Å². The number of para-hydroxylation sites is 1. The molecule has 1 N–H and O–H groups in total. The molecule has 0 aliphatic carbocycles. The van der Waals surface area contributed by atoms with E-state index in [0.717, 1.165) is 16.8 Å². The molecule has 168 valence electrons. The first-order chi connectivity index (χ1) is 14.9. The van der Waals surface area contributed by atoms with Crippen LogP contribution in [0.25, 0.3) is 11.1 Å². The summed E-state index contributed by atoms with van der Waals surface area (Å²) in [5.74, 6) is 0.232. The van der Waals surface area contributed by atoms with E-state index in [1.807, 2.05) is 0 Å². The highest BCUT2D eigenvalue weighted by Gasteiger charge is 2.32. The number of hydrogen-bond donors (Lipinski definition) is 1. The number of carbonyl (C=O) groups is 2. The molecule has 0 bridgehead atoms. The first-order valence-electron chi connectivity index (χ1n) is 9.45. The van der Waals surface area contributed by atoms with Crippen LogP contribution < -0.4 is 10.1 Å². The number of nitrogens with one attached hydrogen (secondary N) is 1. The SMILES string of the molecule is CC(C)(C)OC(=O)n1cc(-c2cc(NC(=O)Oc3ccccc3)cc(C(F)(F)F)c2)cn1. The highest BCUT2D eigenvalue weighted by atomic mass is 19.4. The Labute approximate surface area is 181 Å². The van der Waals surface area contributed by atoms with E-state index in [1.54, 1.807) is 39.0 Å². The molecule has 0 saturated heterocycles. The Morgan fingerprint density at radius 3 is 2.31 bits per heavy atom. The van der Waals surface area contributed by atoms with E-state index >= 15 is 0 Å². The predicted molar refractivity (Wildman–Crippen MR) is 110 cm³/mol. The minimum absolute atomic E-state index is 0.0876. The first kappa shape index (κ1) is 22.9. The second-order valence-corrected chi connectivity index (χ2v) is 7.78. The summed E-state index contributed by atoms with van der Waals surface area (Å²) in [6.07, 6.45) is -3.93. The van der Waals surface area contributed by atoms with E-state index < -0.39 is 29.5 Å². The smallest absolute Gasteiger partial charge is 0.435 e. The summed E-state index contributed by atoms with van der Waals surface area (Å²) in [6, 6.07) is 11.1. The van der Waals surface area contributed by atoms with Gasteiger partial charge < -0.3 is 9.47 Å². The van der Waals surface area contributed by atoms with Gasteiger partial charge >= 0.3 is 18.4 Å². The number of rotatable bonds is 3. The Hall–Kier alpha value is -3.82. The van der Waals surface area contributed by atoms with Crippen molar-refractivity contribution in [3.63, 3.8) is 0 Å². The third-order valence-electron chi connectivity index (χ3n) is 3.96. The van der Waals surface area contributed by atoms with Crippen molar-refractivity contribution < 1.29 is 32.2 Å². The van der Waals surface area contributed by atoms with E-state index in [4.69, 9.17) is 9.47 Å². The second-order valence-electron chi connectivity index (χ2n) is 7.78. The molecular formula is C22H20F3N3O4. The van der Waals surface area contributed by atoms with Crippen molar-refractivity contribution in [2.24, 2.45) is 0 Å². The summed E-state index contributed by atoms with van der Waals surface area (Å²) < 4.78 is 51.4. The van der Waals surface area contributed by atoms with E-state index in [9.17, 15) is 22.8 Å². The maximum absolute atomic E-state index is 13.4. The Kier molecular flexibility index (Phi) is 6.24. The minimum atomic E-state index is -4.67. The van der Waals surface area contributed by atoms with Crippen LogP contribution >= 0.6 is 0 Å². The van der Waals surface area contributed by atoms with Crippen molar-refractivity contribution in [3.8, 4) is 16.9 Å². The molecule has 1 heterocycles. The zero-order valence-corrected chi connectivity index (χ0v) is 17.4. The average molecular weight is 447 g/mol. The van der Waals surface area contributed by atoms with Crippen molar-refractivity contribution >= 4 is 17.9 Å². The third-order valence-corrected chi connectivity index (χ3v) is 3.96. The van der Waals surface area contributed by atoms with E-state index in [2.05, 4.69) is 10.4 Å². The Bertz CT molecular complexity index is 1120. The van der Waals surface area contributed by atoms with Crippen molar-refractivity contribution in [2.45, 2.75) is 32.5 Å². The molecule has 32 heavy (non-hydrogen) atoms. The minimum Gasteiger partial charge on any atom is -0.442 e. The zero-order valence-electron chi connectivity index (χ0n) is 17.4. The van der Waals surface area contributed by atoms with Gasteiger partial charge in [-0.25, -0.2) is 9.59 Å². The lowest BCUT2D eigenvalue weighted by atomic mass is 10.0. The Morgan fingerprint density at radius 2 is 1.69 bits per heavy atom. The number of hydrogen-bond acceptors (Lipinski definition) is 5. The number of anilines is 1. The largest absolute Gasteiger partial charge is 0.442 e. The summed E-state index contributed by atoms with van der Waals surface area (Å²) >= 11 is 0. The molecule has 0 saturated carbocycles. The molecule has 0 fully saturated rings. The van der Waals surface area contributed by atoms with Gasteiger partial charge in [-0.15, -0.1) is 0 Å². The molecule has 1 amide bonds. The van der Waals surface area contributed by atoms with Crippen LogP contribution in [-0.2, 0) is 10.9 Å².